The Morgan fingerprint density at radius 3 is 2.24 bits per heavy atom. The number of nitrogens with one attached hydrogen (secondary N) is 1. The van der Waals surface area contributed by atoms with Gasteiger partial charge in [0, 0.05) is 17.1 Å². The summed E-state index contributed by atoms with van der Waals surface area (Å²) in [5.41, 5.74) is 0. The van der Waals surface area contributed by atoms with Crippen molar-refractivity contribution < 1.29 is 0 Å². The Labute approximate surface area is 135 Å². The molecule has 2 nitrogen and oxygen atoms in total. The van der Waals surface area contributed by atoms with Gasteiger partial charge in [-0.3, -0.25) is 0 Å². The van der Waals surface area contributed by atoms with Crippen molar-refractivity contribution in [3.8, 4) is 0 Å². The Morgan fingerprint density at radius 2 is 1.67 bits per heavy atom. The lowest BCUT2D eigenvalue weighted by Crippen LogP contribution is -2.21. The minimum Gasteiger partial charge on any atom is -0.309 e. The van der Waals surface area contributed by atoms with Gasteiger partial charge in [0.2, 0.25) is 0 Å². The van der Waals surface area contributed by atoms with E-state index in [4.69, 9.17) is 0 Å². The molecule has 21 heavy (non-hydrogen) atoms. The van der Waals surface area contributed by atoms with Gasteiger partial charge in [-0.1, -0.05) is 65.2 Å². The highest BCUT2D eigenvalue weighted by atomic mass is 32.1. The molecule has 0 radical (unpaired) electrons. The van der Waals surface area contributed by atoms with Gasteiger partial charge in [0.15, 0.2) is 0 Å². The van der Waals surface area contributed by atoms with Crippen molar-refractivity contribution in [1.82, 2.24) is 10.3 Å². The molecule has 1 aromatic heterocycles. The molecule has 0 amide bonds. The van der Waals surface area contributed by atoms with Crippen molar-refractivity contribution in [1.29, 1.82) is 0 Å². The number of hydrogen-bond donors (Lipinski definition) is 1. The van der Waals surface area contributed by atoms with Crippen LogP contribution in [0.4, 0.5) is 0 Å². The standard InChI is InChI=1S/C18H34N2S/c1-4-6-7-8-9-10-11-12-13-17(19-14-5-2)18-15-20-16(3)21-18/h15,17,19H,4-14H2,1-3H3. The second-order valence-corrected chi connectivity index (χ2v) is 7.32. The zero-order valence-electron chi connectivity index (χ0n) is 14.3. The average molecular weight is 311 g/mol. The Kier molecular flexibility index (Phi) is 10.8. The second-order valence-electron chi connectivity index (χ2n) is 6.05. The number of aryl methyl sites for hydroxylation is 1. The molecule has 0 aliphatic carbocycles. The molecule has 1 atom stereocenters. The topological polar surface area (TPSA) is 24.9 Å². The zero-order valence-corrected chi connectivity index (χ0v) is 15.1. The van der Waals surface area contributed by atoms with Crippen molar-refractivity contribution in [3.05, 3.63) is 16.1 Å². The minimum atomic E-state index is 0.524. The molecule has 0 aromatic carbocycles. The Balaban J connectivity index is 2.18. The fourth-order valence-electron chi connectivity index (χ4n) is 2.68. The molecule has 1 aromatic rings. The lowest BCUT2D eigenvalue weighted by molar-refractivity contribution is 0.469. The van der Waals surface area contributed by atoms with E-state index < -0.39 is 0 Å². The van der Waals surface area contributed by atoms with E-state index >= 15 is 0 Å². The number of nitrogens with zero attached hydrogens (tertiary/aromatic N) is 1. The van der Waals surface area contributed by atoms with E-state index in [1.165, 1.54) is 74.1 Å². The van der Waals surface area contributed by atoms with Gasteiger partial charge in [-0.25, -0.2) is 4.98 Å². The summed E-state index contributed by atoms with van der Waals surface area (Å²) in [6.07, 6.45) is 15.7. The molecule has 1 unspecified atom stereocenters. The molecule has 0 bridgehead atoms. The van der Waals surface area contributed by atoms with Crippen LogP contribution in [0.1, 0.15) is 94.0 Å². The van der Waals surface area contributed by atoms with Crippen LogP contribution in [0.25, 0.3) is 0 Å². The molecule has 0 aliphatic heterocycles. The predicted molar refractivity (Wildman–Crippen MR) is 95.1 cm³/mol. The second kappa shape index (κ2) is 12.2. The van der Waals surface area contributed by atoms with Crippen molar-refractivity contribution in [3.63, 3.8) is 0 Å². The SMILES string of the molecule is CCCCCCCCCCC(NCCC)c1cnc(C)s1. The summed E-state index contributed by atoms with van der Waals surface area (Å²) in [6.45, 7) is 7.73. The van der Waals surface area contributed by atoms with Crippen LogP contribution in [0.15, 0.2) is 6.20 Å². The smallest absolute Gasteiger partial charge is 0.0897 e. The lowest BCUT2D eigenvalue weighted by Gasteiger charge is -2.16. The fourth-order valence-corrected chi connectivity index (χ4v) is 3.58. The molecule has 0 fully saturated rings. The summed E-state index contributed by atoms with van der Waals surface area (Å²) in [5, 5.41) is 4.87. The van der Waals surface area contributed by atoms with Crippen molar-refractivity contribution >= 4 is 11.3 Å². The van der Waals surface area contributed by atoms with Crippen molar-refractivity contribution in [2.24, 2.45) is 0 Å². The zero-order chi connectivity index (χ0) is 15.3. The molecule has 0 saturated carbocycles. The van der Waals surface area contributed by atoms with Crippen LogP contribution in [-0.2, 0) is 0 Å². The summed E-state index contributed by atoms with van der Waals surface area (Å²) < 4.78 is 0. The molecule has 1 rings (SSSR count). The first-order chi connectivity index (χ1) is 10.3. The highest BCUT2D eigenvalue weighted by Gasteiger charge is 2.12. The van der Waals surface area contributed by atoms with Gasteiger partial charge in [0.05, 0.1) is 5.01 Å². The number of hydrogen-bond acceptors (Lipinski definition) is 3. The van der Waals surface area contributed by atoms with Crippen LogP contribution >= 0.6 is 11.3 Å². The van der Waals surface area contributed by atoms with E-state index in [1.54, 1.807) is 0 Å². The third-order valence-electron chi connectivity index (χ3n) is 3.97. The highest BCUT2D eigenvalue weighted by molar-refractivity contribution is 7.11. The van der Waals surface area contributed by atoms with Gasteiger partial charge in [-0.15, -0.1) is 11.3 Å². The molecular formula is C18H34N2S. The first-order valence-corrected chi connectivity index (χ1v) is 9.75. The van der Waals surface area contributed by atoms with E-state index in [0.29, 0.717) is 6.04 Å². The normalized spacial score (nSPS) is 12.7. The van der Waals surface area contributed by atoms with E-state index in [1.807, 2.05) is 11.3 Å². The van der Waals surface area contributed by atoms with Gasteiger partial charge >= 0.3 is 0 Å². The van der Waals surface area contributed by atoms with E-state index in [0.717, 1.165) is 6.54 Å². The third-order valence-corrected chi connectivity index (χ3v) is 5.00. The number of aromatic nitrogens is 1. The fraction of sp³-hybridized carbons (Fsp3) is 0.833. The summed E-state index contributed by atoms with van der Waals surface area (Å²) in [4.78, 5) is 5.83. The van der Waals surface area contributed by atoms with E-state index in [9.17, 15) is 0 Å². The highest BCUT2D eigenvalue weighted by Crippen LogP contribution is 2.25. The van der Waals surface area contributed by atoms with Crippen LogP contribution in [0, 0.1) is 6.92 Å². The molecule has 3 heteroatoms. The maximum absolute atomic E-state index is 4.41. The maximum atomic E-state index is 4.41. The average Bonchev–Trinajstić information content (AvgIpc) is 2.91. The van der Waals surface area contributed by atoms with Crippen LogP contribution in [-0.4, -0.2) is 11.5 Å². The molecule has 0 saturated heterocycles. The quantitative estimate of drug-likeness (QED) is 0.450. The van der Waals surface area contributed by atoms with Crippen LogP contribution in [0.2, 0.25) is 0 Å². The van der Waals surface area contributed by atoms with Crippen LogP contribution in [0.3, 0.4) is 0 Å². The van der Waals surface area contributed by atoms with Gasteiger partial charge < -0.3 is 5.32 Å². The van der Waals surface area contributed by atoms with Crippen molar-refractivity contribution in [2.45, 2.75) is 91.0 Å². The summed E-state index contributed by atoms with van der Waals surface area (Å²) in [5.74, 6) is 0. The van der Waals surface area contributed by atoms with Gasteiger partial charge in [-0.2, -0.15) is 0 Å². The molecular weight excluding hydrogens is 276 g/mol. The minimum absolute atomic E-state index is 0.524. The number of unbranched alkanes of at least 4 members (excludes halogenated alkanes) is 7. The van der Waals surface area contributed by atoms with Gasteiger partial charge in [0.1, 0.15) is 0 Å². The molecule has 1 N–H and O–H groups in total. The van der Waals surface area contributed by atoms with Gasteiger partial charge in [0.25, 0.3) is 0 Å². The largest absolute Gasteiger partial charge is 0.309 e. The van der Waals surface area contributed by atoms with E-state index in [-0.39, 0.29) is 0 Å². The lowest BCUT2D eigenvalue weighted by atomic mass is 10.0. The monoisotopic (exact) mass is 310 g/mol. The first-order valence-electron chi connectivity index (χ1n) is 8.93. The Morgan fingerprint density at radius 1 is 1.00 bits per heavy atom. The molecule has 0 spiro atoms. The number of rotatable bonds is 13. The Hall–Kier alpha value is -0.410. The first kappa shape index (κ1) is 18.6. The van der Waals surface area contributed by atoms with Crippen LogP contribution in [0.5, 0.6) is 0 Å². The summed E-state index contributed by atoms with van der Waals surface area (Å²) in [6, 6.07) is 0.524. The van der Waals surface area contributed by atoms with E-state index in [2.05, 4.69) is 37.3 Å². The van der Waals surface area contributed by atoms with Gasteiger partial charge in [-0.05, 0) is 26.3 Å². The summed E-state index contributed by atoms with van der Waals surface area (Å²) in [7, 11) is 0. The van der Waals surface area contributed by atoms with Crippen molar-refractivity contribution in [2.75, 3.05) is 6.54 Å². The molecule has 1 heterocycles. The van der Waals surface area contributed by atoms with Crippen LogP contribution < -0.4 is 5.32 Å². The molecule has 0 aliphatic rings. The third kappa shape index (κ3) is 8.57. The Bertz CT molecular complexity index is 349. The maximum Gasteiger partial charge on any atom is 0.0897 e. The molecule has 122 valence electrons. The predicted octanol–water partition coefficient (Wildman–Crippen LogP) is 6.02. The summed E-state index contributed by atoms with van der Waals surface area (Å²) >= 11 is 1.85. The number of thiazole rings is 1.